The summed E-state index contributed by atoms with van der Waals surface area (Å²) >= 11 is 0. The minimum absolute atomic E-state index is 0.0482. The van der Waals surface area contributed by atoms with Gasteiger partial charge in [-0.05, 0) is 28.9 Å². The number of oxime groups is 1. The van der Waals surface area contributed by atoms with Crippen LogP contribution in [0.25, 0.3) is 0 Å². The zero-order valence-corrected chi connectivity index (χ0v) is 14.4. The van der Waals surface area contributed by atoms with Gasteiger partial charge in [0.05, 0.1) is 11.4 Å². The lowest BCUT2D eigenvalue weighted by atomic mass is 10.1. The van der Waals surface area contributed by atoms with Crippen molar-refractivity contribution in [2.45, 2.75) is 5.75 Å². The second kappa shape index (κ2) is 7.44. The van der Waals surface area contributed by atoms with E-state index in [1.807, 2.05) is 0 Å². The summed E-state index contributed by atoms with van der Waals surface area (Å²) in [5.74, 6) is -0.365. The first kappa shape index (κ1) is 17.7. The third-order valence-electron chi connectivity index (χ3n) is 3.59. The molecule has 2 aromatic rings. The highest BCUT2D eigenvalue weighted by Crippen LogP contribution is 2.23. The van der Waals surface area contributed by atoms with Crippen molar-refractivity contribution >= 4 is 27.7 Å². The van der Waals surface area contributed by atoms with E-state index in [4.69, 9.17) is 9.57 Å². The highest BCUT2D eigenvalue weighted by atomic mass is 32.2. The van der Waals surface area contributed by atoms with Crippen LogP contribution in [0.3, 0.4) is 0 Å². The van der Waals surface area contributed by atoms with Crippen molar-refractivity contribution in [1.29, 1.82) is 0 Å². The van der Waals surface area contributed by atoms with Gasteiger partial charge in [-0.3, -0.25) is 0 Å². The summed E-state index contributed by atoms with van der Waals surface area (Å²) < 4.78 is 31.4. The van der Waals surface area contributed by atoms with Crippen LogP contribution < -0.4 is 4.31 Å². The van der Waals surface area contributed by atoms with E-state index in [0.717, 1.165) is 0 Å². The molecule has 0 aliphatic carbocycles. The Morgan fingerprint density at radius 1 is 1.08 bits per heavy atom. The molecule has 0 saturated carbocycles. The fourth-order valence-corrected chi connectivity index (χ4v) is 3.96. The van der Waals surface area contributed by atoms with Crippen LogP contribution in [0.5, 0.6) is 0 Å². The second-order valence-electron chi connectivity index (χ2n) is 5.37. The van der Waals surface area contributed by atoms with Gasteiger partial charge < -0.3 is 14.7 Å². The zero-order valence-electron chi connectivity index (χ0n) is 13.6. The molecule has 0 bridgehead atoms. The molecule has 0 fully saturated rings. The van der Waals surface area contributed by atoms with E-state index in [1.165, 1.54) is 12.1 Å². The van der Waals surface area contributed by atoms with Crippen LogP contribution >= 0.6 is 0 Å². The number of nitrogens with zero attached hydrogens (tertiary/aromatic N) is 2. The van der Waals surface area contributed by atoms with Crippen molar-refractivity contribution < 1.29 is 27.9 Å². The van der Waals surface area contributed by atoms with Crippen molar-refractivity contribution in [3.05, 3.63) is 65.7 Å². The molecule has 0 radical (unpaired) electrons. The van der Waals surface area contributed by atoms with Crippen LogP contribution in [0.15, 0.2) is 59.8 Å². The molecule has 1 heterocycles. The van der Waals surface area contributed by atoms with Gasteiger partial charge in [0.25, 0.3) is 5.90 Å². The highest BCUT2D eigenvalue weighted by molar-refractivity contribution is 7.92. The Balaban J connectivity index is 1.97. The molecule has 1 aliphatic heterocycles. The quantitative estimate of drug-likeness (QED) is 0.859. The summed E-state index contributed by atoms with van der Waals surface area (Å²) in [4.78, 5) is 16.6. The average Bonchev–Trinajstić information content (AvgIpc) is 2.63. The van der Waals surface area contributed by atoms with Gasteiger partial charge >= 0.3 is 6.09 Å². The van der Waals surface area contributed by atoms with Gasteiger partial charge in [-0.2, -0.15) is 4.31 Å². The maximum absolute atomic E-state index is 12.8. The molecule has 8 nitrogen and oxygen atoms in total. The lowest BCUT2D eigenvalue weighted by molar-refractivity contribution is 0.0655. The number of ether oxygens (including phenoxy) is 1. The standard InChI is InChI=1S/C17H16N2O6S/c20-17(21)19(14-7-2-1-3-8-14)26(22,23)12-13-6-4-5-9-15(13)16-18-25-11-10-24-16/h1-9H,10-12H2,(H,20,21). The van der Waals surface area contributed by atoms with E-state index in [0.29, 0.717) is 28.6 Å². The molecule has 0 unspecified atom stereocenters. The van der Waals surface area contributed by atoms with Crippen molar-refractivity contribution in [1.82, 2.24) is 0 Å². The molecule has 1 N–H and O–H groups in total. The molecule has 0 atom stereocenters. The molecule has 2 aromatic carbocycles. The van der Waals surface area contributed by atoms with Crippen LogP contribution in [0.2, 0.25) is 0 Å². The first-order chi connectivity index (χ1) is 12.5. The zero-order chi connectivity index (χ0) is 18.6. The second-order valence-corrected chi connectivity index (χ2v) is 7.19. The minimum atomic E-state index is -4.21. The number of para-hydroxylation sites is 1. The van der Waals surface area contributed by atoms with Crippen LogP contribution in [0.1, 0.15) is 11.1 Å². The smallest absolute Gasteiger partial charge is 0.425 e. The first-order valence-corrected chi connectivity index (χ1v) is 9.32. The molecule has 3 rings (SSSR count). The lowest BCUT2D eigenvalue weighted by Gasteiger charge is -2.21. The third kappa shape index (κ3) is 3.77. The first-order valence-electron chi connectivity index (χ1n) is 7.71. The van der Waals surface area contributed by atoms with Gasteiger partial charge in [0, 0.05) is 5.56 Å². The van der Waals surface area contributed by atoms with E-state index in [9.17, 15) is 18.3 Å². The summed E-state index contributed by atoms with van der Waals surface area (Å²) in [6.45, 7) is 0.607. The largest absolute Gasteiger partial charge is 0.471 e. The maximum atomic E-state index is 12.8. The summed E-state index contributed by atoms with van der Waals surface area (Å²) in [5, 5.41) is 13.2. The molecule has 0 aromatic heterocycles. The number of anilines is 1. The number of sulfonamides is 1. The molecular weight excluding hydrogens is 360 g/mol. The number of hydrogen-bond acceptors (Lipinski definition) is 6. The van der Waals surface area contributed by atoms with Crippen LogP contribution in [-0.2, 0) is 25.4 Å². The van der Waals surface area contributed by atoms with Crippen LogP contribution in [0, 0.1) is 0 Å². The number of hydrogen-bond donors (Lipinski definition) is 1. The van der Waals surface area contributed by atoms with Gasteiger partial charge in [0.15, 0.2) is 6.61 Å². The summed E-state index contributed by atoms with van der Waals surface area (Å²) in [6, 6.07) is 14.2. The number of amides is 1. The number of rotatable bonds is 5. The number of carboxylic acid groups (broad SMARTS) is 1. The fraction of sp³-hybridized carbons (Fsp3) is 0.176. The van der Waals surface area contributed by atoms with Crippen molar-refractivity contribution in [2.24, 2.45) is 5.16 Å². The Morgan fingerprint density at radius 2 is 1.77 bits per heavy atom. The van der Waals surface area contributed by atoms with E-state index < -0.39 is 21.9 Å². The Kier molecular flexibility index (Phi) is 5.08. The molecule has 136 valence electrons. The lowest BCUT2D eigenvalue weighted by Crippen LogP contribution is -2.37. The van der Waals surface area contributed by atoms with Gasteiger partial charge in [-0.15, -0.1) is 0 Å². The average molecular weight is 376 g/mol. The molecule has 1 aliphatic rings. The maximum Gasteiger partial charge on any atom is 0.425 e. The van der Waals surface area contributed by atoms with Crippen molar-refractivity contribution in [3.63, 3.8) is 0 Å². The Bertz CT molecular complexity index is 927. The number of carbonyl (C=O) groups is 1. The van der Waals surface area contributed by atoms with E-state index in [2.05, 4.69) is 5.16 Å². The van der Waals surface area contributed by atoms with Gasteiger partial charge in [0.2, 0.25) is 10.0 Å². The Morgan fingerprint density at radius 3 is 2.42 bits per heavy atom. The molecular formula is C17H16N2O6S. The fourth-order valence-electron chi connectivity index (χ4n) is 2.50. The molecule has 9 heteroatoms. The third-order valence-corrected chi connectivity index (χ3v) is 5.19. The summed E-state index contributed by atoms with van der Waals surface area (Å²) in [7, 11) is -4.21. The summed E-state index contributed by atoms with van der Waals surface area (Å²) in [6.07, 6.45) is -1.58. The normalized spacial score (nSPS) is 13.9. The SMILES string of the molecule is O=C(O)N(c1ccccc1)S(=O)(=O)Cc1ccccc1C1=NOCCO1. The monoisotopic (exact) mass is 376 g/mol. The molecule has 0 saturated heterocycles. The molecule has 1 amide bonds. The van der Waals surface area contributed by atoms with Crippen LogP contribution in [0.4, 0.5) is 10.5 Å². The van der Waals surface area contributed by atoms with Crippen molar-refractivity contribution in [2.75, 3.05) is 17.5 Å². The minimum Gasteiger partial charge on any atom is -0.471 e. The topological polar surface area (TPSA) is 106 Å². The van der Waals surface area contributed by atoms with E-state index >= 15 is 0 Å². The molecule has 0 spiro atoms. The van der Waals surface area contributed by atoms with Gasteiger partial charge in [0.1, 0.15) is 6.61 Å². The Hall–Kier alpha value is -3.07. The predicted octanol–water partition coefficient (Wildman–Crippen LogP) is 2.41. The van der Waals surface area contributed by atoms with Crippen LogP contribution in [-0.4, -0.2) is 38.7 Å². The summed E-state index contributed by atoms with van der Waals surface area (Å²) in [5.41, 5.74) is 0.847. The van der Waals surface area contributed by atoms with Crippen molar-refractivity contribution in [3.8, 4) is 0 Å². The highest BCUT2D eigenvalue weighted by Gasteiger charge is 2.30. The van der Waals surface area contributed by atoms with E-state index in [-0.39, 0.29) is 11.6 Å². The number of benzene rings is 2. The van der Waals surface area contributed by atoms with Gasteiger partial charge in [-0.25, -0.2) is 13.2 Å². The molecule has 26 heavy (non-hydrogen) atoms. The van der Waals surface area contributed by atoms with E-state index in [1.54, 1.807) is 42.5 Å². The predicted molar refractivity (Wildman–Crippen MR) is 94.5 cm³/mol. The van der Waals surface area contributed by atoms with Gasteiger partial charge in [-0.1, -0.05) is 36.4 Å². The Labute approximate surface area is 150 Å².